The molecule has 0 saturated heterocycles. The van der Waals surface area contributed by atoms with Crippen LogP contribution >= 0.6 is 12.2 Å². The van der Waals surface area contributed by atoms with Gasteiger partial charge >= 0.3 is 0 Å². The van der Waals surface area contributed by atoms with Crippen LogP contribution in [0, 0.1) is 4.77 Å². The number of hydrogen-bond donors (Lipinski definition) is 1. The van der Waals surface area contributed by atoms with Crippen LogP contribution in [0.2, 0.25) is 0 Å². The summed E-state index contributed by atoms with van der Waals surface area (Å²) in [4.78, 5) is 2.13. The monoisotopic (exact) mass is 248 g/mol. The second-order valence-corrected chi connectivity index (χ2v) is 4.22. The van der Waals surface area contributed by atoms with Gasteiger partial charge in [-0.15, -0.1) is 5.10 Å². The molecule has 0 radical (unpaired) electrons. The van der Waals surface area contributed by atoms with Crippen molar-refractivity contribution in [2.45, 2.75) is 6.54 Å². The summed E-state index contributed by atoms with van der Waals surface area (Å²) in [5.41, 5.74) is 1.10. The molecule has 6 heteroatoms. The highest BCUT2D eigenvalue weighted by Gasteiger charge is 2.22. The molecular formula is C11H12N4OS. The second-order valence-electron chi connectivity index (χ2n) is 3.83. The van der Waals surface area contributed by atoms with Crippen molar-refractivity contribution in [2.75, 3.05) is 18.6 Å². The SMILES string of the molecule is COc1ccc(N2CCn3c2n[nH]c3=S)cc1. The van der Waals surface area contributed by atoms with Crippen molar-refractivity contribution in [3.8, 4) is 5.75 Å². The molecule has 0 fully saturated rings. The van der Waals surface area contributed by atoms with Crippen LogP contribution in [-0.4, -0.2) is 28.4 Å². The van der Waals surface area contributed by atoms with E-state index in [-0.39, 0.29) is 0 Å². The van der Waals surface area contributed by atoms with Crippen LogP contribution in [0.25, 0.3) is 0 Å². The summed E-state index contributed by atoms with van der Waals surface area (Å²) >= 11 is 5.15. The Morgan fingerprint density at radius 3 is 2.76 bits per heavy atom. The van der Waals surface area contributed by atoms with E-state index in [9.17, 15) is 0 Å². The fourth-order valence-electron chi connectivity index (χ4n) is 2.02. The number of hydrogen-bond acceptors (Lipinski definition) is 4. The van der Waals surface area contributed by atoms with Crippen LogP contribution in [0.15, 0.2) is 24.3 Å². The molecule has 0 bridgehead atoms. The Morgan fingerprint density at radius 1 is 1.29 bits per heavy atom. The standard InChI is InChI=1S/C11H12N4OS/c1-16-9-4-2-8(3-5-9)14-6-7-15-10(14)12-13-11(15)17/h2-5H,6-7H2,1H3,(H,13,17). The third-order valence-electron chi connectivity index (χ3n) is 2.91. The number of rotatable bonds is 2. The number of ether oxygens (including phenoxy) is 1. The Labute approximate surface area is 104 Å². The van der Waals surface area contributed by atoms with Crippen LogP contribution in [-0.2, 0) is 6.54 Å². The van der Waals surface area contributed by atoms with E-state index in [1.165, 1.54) is 0 Å². The number of aromatic amines is 1. The predicted molar refractivity (Wildman–Crippen MR) is 67.4 cm³/mol. The molecule has 0 saturated carbocycles. The number of aromatic nitrogens is 3. The zero-order valence-electron chi connectivity index (χ0n) is 9.38. The minimum absolute atomic E-state index is 0.677. The van der Waals surface area contributed by atoms with Gasteiger partial charge in [0.05, 0.1) is 7.11 Å². The molecule has 0 aliphatic carbocycles. The molecular weight excluding hydrogens is 236 g/mol. The van der Waals surface area contributed by atoms with Crippen molar-refractivity contribution in [1.29, 1.82) is 0 Å². The molecule has 5 nitrogen and oxygen atoms in total. The molecule has 1 aromatic carbocycles. The smallest absolute Gasteiger partial charge is 0.230 e. The van der Waals surface area contributed by atoms with E-state index >= 15 is 0 Å². The summed E-state index contributed by atoms with van der Waals surface area (Å²) < 4.78 is 7.82. The first-order valence-electron chi connectivity index (χ1n) is 5.36. The Hall–Kier alpha value is -1.82. The van der Waals surface area contributed by atoms with E-state index in [2.05, 4.69) is 15.1 Å². The second kappa shape index (κ2) is 3.89. The van der Waals surface area contributed by atoms with E-state index in [1.807, 2.05) is 28.8 Å². The maximum atomic E-state index is 5.15. The largest absolute Gasteiger partial charge is 0.497 e. The number of nitrogens with zero attached hydrogens (tertiary/aromatic N) is 3. The normalized spacial score (nSPS) is 13.8. The molecule has 0 amide bonds. The topological polar surface area (TPSA) is 46.1 Å². The van der Waals surface area contributed by atoms with Gasteiger partial charge in [0.25, 0.3) is 0 Å². The Balaban J connectivity index is 1.98. The number of fused-ring (bicyclic) bond motifs is 1. The summed E-state index contributed by atoms with van der Waals surface area (Å²) in [6, 6.07) is 7.93. The number of anilines is 2. The molecule has 1 aliphatic heterocycles. The van der Waals surface area contributed by atoms with Crippen molar-refractivity contribution in [3.63, 3.8) is 0 Å². The van der Waals surface area contributed by atoms with Gasteiger partial charge in [0, 0.05) is 18.8 Å². The lowest BCUT2D eigenvalue weighted by atomic mass is 10.3. The van der Waals surface area contributed by atoms with Crippen LogP contribution in [0.3, 0.4) is 0 Å². The molecule has 1 aliphatic rings. The first kappa shape index (κ1) is 10.3. The zero-order chi connectivity index (χ0) is 11.8. The van der Waals surface area contributed by atoms with Gasteiger partial charge in [-0.05, 0) is 36.5 Å². The maximum absolute atomic E-state index is 5.15. The third-order valence-corrected chi connectivity index (χ3v) is 3.22. The van der Waals surface area contributed by atoms with Gasteiger partial charge in [-0.1, -0.05) is 0 Å². The van der Waals surface area contributed by atoms with Crippen LogP contribution in [0.4, 0.5) is 11.6 Å². The van der Waals surface area contributed by atoms with Crippen molar-refractivity contribution >= 4 is 23.9 Å². The number of benzene rings is 1. The molecule has 2 heterocycles. The van der Waals surface area contributed by atoms with E-state index in [1.54, 1.807) is 7.11 Å². The van der Waals surface area contributed by atoms with Gasteiger partial charge < -0.3 is 9.64 Å². The Bertz CT molecular complexity index is 586. The quantitative estimate of drug-likeness (QED) is 0.827. The molecule has 2 aromatic rings. The Kier molecular flexibility index (Phi) is 2.36. The minimum Gasteiger partial charge on any atom is -0.497 e. The lowest BCUT2D eigenvalue weighted by Gasteiger charge is -2.15. The van der Waals surface area contributed by atoms with Crippen molar-refractivity contribution in [3.05, 3.63) is 29.0 Å². The molecule has 0 atom stereocenters. The van der Waals surface area contributed by atoms with Crippen LogP contribution in [0.5, 0.6) is 5.75 Å². The van der Waals surface area contributed by atoms with Crippen molar-refractivity contribution in [2.24, 2.45) is 0 Å². The number of H-pyrrole nitrogens is 1. The highest BCUT2D eigenvalue weighted by atomic mass is 32.1. The van der Waals surface area contributed by atoms with Crippen LogP contribution in [0.1, 0.15) is 0 Å². The average molecular weight is 248 g/mol. The molecule has 0 unspecified atom stereocenters. The summed E-state index contributed by atoms with van der Waals surface area (Å²) in [6.45, 7) is 1.77. The van der Waals surface area contributed by atoms with Crippen LogP contribution < -0.4 is 9.64 Å². The van der Waals surface area contributed by atoms with Gasteiger partial charge in [0.15, 0.2) is 4.77 Å². The Morgan fingerprint density at radius 2 is 2.06 bits per heavy atom. The first-order chi connectivity index (χ1) is 8.29. The average Bonchev–Trinajstić information content (AvgIpc) is 2.93. The lowest BCUT2D eigenvalue weighted by Crippen LogP contribution is -2.14. The number of nitrogens with one attached hydrogen (secondary N) is 1. The molecule has 0 spiro atoms. The van der Waals surface area contributed by atoms with Gasteiger partial charge in [-0.2, -0.15) is 0 Å². The zero-order valence-corrected chi connectivity index (χ0v) is 10.2. The summed E-state index contributed by atoms with van der Waals surface area (Å²) in [5.74, 6) is 1.73. The molecule has 1 aromatic heterocycles. The van der Waals surface area contributed by atoms with E-state index in [4.69, 9.17) is 17.0 Å². The van der Waals surface area contributed by atoms with Gasteiger partial charge in [0.1, 0.15) is 5.75 Å². The first-order valence-corrected chi connectivity index (χ1v) is 5.77. The molecule has 17 heavy (non-hydrogen) atoms. The number of methoxy groups -OCH3 is 1. The van der Waals surface area contributed by atoms with E-state index in [0.29, 0.717) is 4.77 Å². The van der Waals surface area contributed by atoms with Crippen molar-refractivity contribution < 1.29 is 4.74 Å². The summed E-state index contributed by atoms with van der Waals surface area (Å²) in [5, 5.41) is 7.05. The van der Waals surface area contributed by atoms with E-state index in [0.717, 1.165) is 30.5 Å². The fraction of sp³-hybridized carbons (Fsp3) is 0.273. The van der Waals surface area contributed by atoms with Gasteiger partial charge in [0.2, 0.25) is 5.95 Å². The van der Waals surface area contributed by atoms with E-state index < -0.39 is 0 Å². The van der Waals surface area contributed by atoms with Gasteiger partial charge in [-0.3, -0.25) is 4.57 Å². The maximum Gasteiger partial charge on any atom is 0.230 e. The fourth-order valence-corrected chi connectivity index (χ4v) is 2.24. The highest BCUT2D eigenvalue weighted by molar-refractivity contribution is 7.71. The lowest BCUT2D eigenvalue weighted by molar-refractivity contribution is 0.415. The molecule has 3 rings (SSSR count). The predicted octanol–water partition coefficient (Wildman–Crippen LogP) is 2.10. The molecule has 1 N–H and O–H groups in total. The summed E-state index contributed by atoms with van der Waals surface area (Å²) in [7, 11) is 1.66. The highest BCUT2D eigenvalue weighted by Crippen LogP contribution is 2.29. The van der Waals surface area contributed by atoms with Gasteiger partial charge in [-0.25, -0.2) is 5.10 Å². The summed E-state index contributed by atoms with van der Waals surface area (Å²) in [6.07, 6.45) is 0. The van der Waals surface area contributed by atoms with Crippen molar-refractivity contribution in [1.82, 2.24) is 14.8 Å². The third kappa shape index (κ3) is 1.61. The molecule has 88 valence electrons. The minimum atomic E-state index is 0.677.